The lowest BCUT2D eigenvalue weighted by atomic mass is 9.82. The van der Waals surface area contributed by atoms with E-state index in [-0.39, 0.29) is 29.8 Å². The first-order valence-corrected chi connectivity index (χ1v) is 9.05. The minimum atomic E-state index is -0.366. The molecule has 3 rings (SSSR count). The first-order chi connectivity index (χ1) is 11.8. The highest BCUT2D eigenvalue weighted by molar-refractivity contribution is 5.86. The summed E-state index contributed by atoms with van der Waals surface area (Å²) in [6.45, 7) is 3.56. The molecule has 0 bridgehead atoms. The van der Waals surface area contributed by atoms with Crippen LogP contribution in [0.1, 0.15) is 32.1 Å². The van der Waals surface area contributed by atoms with E-state index >= 15 is 0 Å². The number of rotatable bonds is 5. The maximum atomic E-state index is 12.8. The molecule has 1 aliphatic carbocycles. The molecule has 0 aromatic carbocycles. The van der Waals surface area contributed by atoms with Gasteiger partial charge < -0.3 is 19.1 Å². The van der Waals surface area contributed by atoms with E-state index < -0.39 is 0 Å². The molecule has 2 aliphatic heterocycles. The van der Waals surface area contributed by atoms with Gasteiger partial charge in [0.25, 0.3) is 0 Å². The standard InChI is InChI=1S/C18H27NO5/c20-17(19-8-12-22-13-9-19)15-5-1-2-6-16(15)18(21)24-11-7-14-4-3-10-23-14/h1-2,14-16H,3-13H2. The maximum Gasteiger partial charge on any atom is 0.310 e. The molecule has 0 N–H and O–H groups in total. The predicted molar refractivity (Wildman–Crippen MR) is 87.3 cm³/mol. The summed E-state index contributed by atoms with van der Waals surface area (Å²) in [5, 5.41) is 0. The number of ether oxygens (including phenoxy) is 3. The molecule has 24 heavy (non-hydrogen) atoms. The molecule has 0 spiro atoms. The van der Waals surface area contributed by atoms with E-state index in [0.29, 0.717) is 45.8 Å². The summed E-state index contributed by atoms with van der Waals surface area (Å²) >= 11 is 0. The summed E-state index contributed by atoms with van der Waals surface area (Å²) in [6, 6.07) is 0. The van der Waals surface area contributed by atoms with Gasteiger partial charge in [-0.25, -0.2) is 0 Å². The van der Waals surface area contributed by atoms with Crippen LogP contribution in [-0.2, 0) is 23.8 Å². The Hall–Kier alpha value is -1.40. The highest BCUT2D eigenvalue weighted by atomic mass is 16.5. The quantitative estimate of drug-likeness (QED) is 0.562. The number of hydrogen-bond acceptors (Lipinski definition) is 5. The van der Waals surface area contributed by atoms with Crippen molar-refractivity contribution in [1.29, 1.82) is 0 Å². The highest BCUT2D eigenvalue weighted by Crippen LogP contribution is 2.29. The van der Waals surface area contributed by atoms with Gasteiger partial charge >= 0.3 is 5.97 Å². The molecule has 2 fully saturated rings. The Morgan fingerprint density at radius 1 is 1.08 bits per heavy atom. The Morgan fingerprint density at radius 3 is 2.54 bits per heavy atom. The minimum Gasteiger partial charge on any atom is -0.465 e. The van der Waals surface area contributed by atoms with Crippen molar-refractivity contribution >= 4 is 11.9 Å². The van der Waals surface area contributed by atoms with Crippen LogP contribution in [0.15, 0.2) is 12.2 Å². The van der Waals surface area contributed by atoms with Crippen LogP contribution in [0.3, 0.4) is 0 Å². The summed E-state index contributed by atoms with van der Waals surface area (Å²) in [5.41, 5.74) is 0. The van der Waals surface area contributed by atoms with Crippen molar-refractivity contribution in [2.75, 3.05) is 39.5 Å². The van der Waals surface area contributed by atoms with E-state index in [2.05, 4.69) is 0 Å². The van der Waals surface area contributed by atoms with Crippen molar-refractivity contribution < 1.29 is 23.8 Å². The molecular formula is C18H27NO5. The van der Waals surface area contributed by atoms with Crippen LogP contribution in [0.4, 0.5) is 0 Å². The van der Waals surface area contributed by atoms with Gasteiger partial charge in [-0.2, -0.15) is 0 Å². The summed E-state index contributed by atoms with van der Waals surface area (Å²) in [5.74, 6) is -0.856. The lowest BCUT2D eigenvalue weighted by molar-refractivity contribution is -0.157. The maximum absolute atomic E-state index is 12.8. The van der Waals surface area contributed by atoms with Gasteiger partial charge in [-0.05, 0) is 25.7 Å². The molecule has 0 radical (unpaired) electrons. The van der Waals surface area contributed by atoms with Gasteiger partial charge in [0.05, 0.1) is 37.8 Å². The van der Waals surface area contributed by atoms with E-state index in [1.165, 1.54) is 0 Å². The molecule has 1 amide bonds. The van der Waals surface area contributed by atoms with Gasteiger partial charge in [-0.15, -0.1) is 0 Å². The van der Waals surface area contributed by atoms with Crippen LogP contribution in [0.5, 0.6) is 0 Å². The fourth-order valence-corrected chi connectivity index (χ4v) is 3.64. The molecule has 0 aromatic rings. The van der Waals surface area contributed by atoms with Gasteiger partial charge in [0.1, 0.15) is 0 Å². The molecular weight excluding hydrogens is 310 g/mol. The number of amides is 1. The van der Waals surface area contributed by atoms with Crippen molar-refractivity contribution in [3.05, 3.63) is 12.2 Å². The predicted octanol–water partition coefficient (Wildman–Crippen LogP) is 1.54. The molecule has 0 aromatic heterocycles. The molecule has 134 valence electrons. The van der Waals surface area contributed by atoms with Crippen molar-refractivity contribution in [3.8, 4) is 0 Å². The molecule has 3 atom stereocenters. The van der Waals surface area contributed by atoms with Crippen LogP contribution in [0, 0.1) is 11.8 Å². The minimum absolute atomic E-state index is 0.0590. The summed E-state index contributed by atoms with van der Waals surface area (Å²) < 4.78 is 16.3. The van der Waals surface area contributed by atoms with Gasteiger partial charge in [0.15, 0.2) is 0 Å². The van der Waals surface area contributed by atoms with E-state index in [1.807, 2.05) is 17.1 Å². The van der Waals surface area contributed by atoms with Crippen LogP contribution < -0.4 is 0 Å². The molecule has 3 unspecified atom stereocenters. The second-order valence-corrected chi connectivity index (χ2v) is 6.68. The third-order valence-corrected chi connectivity index (χ3v) is 5.08. The number of nitrogens with zero attached hydrogens (tertiary/aromatic N) is 1. The van der Waals surface area contributed by atoms with Crippen molar-refractivity contribution in [2.45, 2.75) is 38.2 Å². The molecule has 2 saturated heterocycles. The highest BCUT2D eigenvalue weighted by Gasteiger charge is 2.37. The Kier molecular flexibility index (Phi) is 6.26. The average Bonchev–Trinajstić information content (AvgIpc) is 3.15. The molecule has 2 heterocycles. The first kappa shape index (κ1) is 17.4. The number of morpholine rings is 1. The molecule has 6 nitrogen and oxygen atoms in total. The largest absolute Gasteiger partial charge is 0.465 e. The fraction of sp³-hybridized carbons (Fsp3) is 0.778. The zero-order chi connectivity index (χ0) is 16.8. The lowest BCUT2D eigenvalue weighted by Crippen LogP contribution is -2.47. The summed E-state index contributed by atoms with van der Waals surface area (Å²) in [6.07, 6.45) is 8.27. The zero-order valence-electron chi connectivity index (χ0n) is 14.2. The van der Waals surface area contributed by atoms with Gasteiger partial charge in [0.2, 0.25) is 5.91 Å². The lowest BCUT2D eigenvalue weighted by Gasteiger charge is -2.33. The monoisotopic (exact) mass is 337 g/mol. The van der Waals surface area contributed by atoms with E-state index in [9.17, 15) is 9.59 Å². The van der Waals surface area contributed by atoms with Crippen LogP contribution in [0.2, 0.25) is 0 Å². The summed E-state index contributed by atoms with van der Waals surface area (Å²) in [7, 11) is 0. The van der Waals surface area contributed by atoms with Gasteiger partial charge in [0, 0.05) is 26.1 Å². The summed E-state index contributed by atoms with van der Waals surface area (Å²) in [4.78, 5) is 27.1. The van der Waals surface area contributed by atoms with Crippen LogP contribution in [-0.4, -0.2) is 62.4 Å². The SMILES string of the molecule is O=C(OCCC1CCCO1)C1CC=CCC1C(=O)N1CCOCC1. The second-order valence-electron chi connectivity index (χ2n) is 6.68. The van der Waals surface area contributed by atoms with Gasteiger partial charge in [-0.1, -0.05) is 12.2 Å². The average molecular weight is 337 g/mol. The first-order valence-electron chi connectivity index (χ1n) is 9.05. The van der Waals surface area contributed by atoms with E-state index in [4.69, 9.17) is 14.2 Å². The topological polar surface area (TPSA) is 65.1 Å². The van der Waals surface area contributed by atoms with Crippen molar-refractivity contribution in [2.24, 2.45) is 11.8 Å². The van der Waals surface area contributed by atoms with E-state index in [1.54, 1.807) is 0 Å². The molecule has 6 heteroatoms. The van der Waals surface area contributed by atoms with Crippen LogP contribution in [0.25, 0.3) is 0 Å². The second kappa shape index (κ2) is 8.62. The van der Waals surface area contributed by atoms with Gasteiger partial charge in [-0.3, -0.25) is 9.59 Å². The molecule has 0 saturated carbocycles. The third-order valence-electron chi connectivity index (χ3n) is 5.08. The Balaban J connectivity index is 1.51. The number of hydrogen-bond donors (Lipinski definition) is 0. The third kappa shape index (κ3) is 4.36. The molecule has 3 aliphatic rings. The Labute approximate surface area is 143 Å². The Morgan fingerprint density at radius 2 is 1.83 bits per heavy atom. The Bertz CT molecular complexity index is 466. The fourth-order valence-electron chi connectivity index (χ4n) is 3.64. The normalized spacial score (nSPS) is 30.3. The van der Waals surface area contributed by atoms with Crippen LogP contribution >= 0.6 is 0 Å². The smallest absolute Gasteiger partial charge is 0.310 e. The number of esters is 1. The number of carbonyl (C=O) groups excluding carboxylic acids is 2. The number of allylic oxidation sites excluding steroid dienone is 2. The number of carbonyl (C=O) groups is 2. The van der Waals surface area contributed by atoms with Crippen molar-refractivity contribution in [1.82, 2.24) is 4.90 Å². The van der Waals surface area contributed by atoms with Crippen molar-refractivity contribution in [3.63, 3.8) is 0 Å². The zero-order valence-corrected chi connectivity index (χ0v) is 14.2. The van der Waals surface area contributed by atoms with E-state index in [0.717, 1.165) is 25.9 Å².